The van der Waals surface area contributed by atoms with Crippen LogP contribution in [0.15, 0.2) is 55.1 Å². The molecule has 0 aromatic heterocycles. The van der Waals surface area contributed by atoms with Gasteiger partial charge in [0.25, 0.3) is 0 Å². The van der Waals surface area contributed by atoms with Crippen LogP contribution in [0.4, 0.5) is 0 Å². The second-order valence-electron chi connectivity index (χ2n) is 3.59. The fourth-order valence-electron chi connectivity index (χ4n) is 1.77. The van der Waals surface area contributed by atoms with Crippen LogP contribution in [0.3, 0.4) is 0 Å². The van der Waals surface area contributed by atoms with Gasteiger partial charge in [0, 0.05) is 0 Å². The molecule has 0 bridgehead atoms. The molecule has 0 heterocycles. The Labute approximate surface area is 84.9 Å². The smallest absolute Gasteiger partial charge is 0.000697 e. The Balaban J connectivity index is 2.70. The normalized spacial score (nSPS) is 12.6. The van der Waals surface area contributed by atoms with Crippen LogP contribution < -0.4 is 0 Å². The molecule has 0 saturated carbocycles. The minimum atomic E-state index is 0.418. The molecule has 2 aromatic rings. The van der Waals surface area contributed by atoms with E-state index in [1.165, 1.54) is 16.3 Å². The van der Waals surface area contributed by atoms with Crippen molar-refractivity contribution in [2.45, 2.75) is 12.8 Å². The van der Waals surface area contributed by atoms with E-state index in [2.05, 4.69) is 56.0 Å². The van der Waals surface area contributed by atoms with Crippen molar-refractivity contribution in [3.05, 3.63) is 60.7 Å². The Morgan fingerprint density at radius 1 is 1.07 bits per heavy atom. The Bertz CT molecular complexity index is 449. The lowest BCUT2D eigenvalue weighted by molar-refractivity contribution is 0.984. The van der Waals surface area contributed by atoms with E-state index in [1.807, 2.05) is 6.08 Å². The molecule has 0 amide bonds. The van der Waals surface area contributed by atoms with Gasteiger partial charge in [-0.3, -0.25) is 0 Å². The van der Waals surface area contributed by atoms with Gasteiger partial charge in [-0.1, -0.05) is 55.5 Å². The van der Waals surface area contributed by atoms with Gasteiger partial charge < -0.3 is 0 Å². The minimum Gasteiger partial charge on any atom is -0.102 e. The van der Waals surface area contributed by atoms with Crippen LogP contribution in [0.1, 0.15) is 18.4 Å². The number of hydrogen-bond donors (Lipinski definition) is 0. The summed E-state index contributed by atoms with van der Waals surface area (Å²) < 4.78 is 0. The van der Waals surface area contributed by atoms with E-state index >= 15 is 0 Å². The van der Waals surface area contributed by atoms with Gasteiger partial charge >= 0.3 is 0 Å². The molecule has 2 rings (SSSR count). The van der Waals surface area contributed by atoms with Crippen LogP contribution >= 0.6 is 0 Å². The average molecular weight is 182 g/mol. The number of benzene rings is 2. The SMILES string of the molecule is C=C[C@H](C)c1cccc2ccccc12. The van der Waals surface area contributed by atoms with E-state index in [9.17, 15) is 0 Å². The molecule has 0 unspecified atom stereocenters. The van der Waals surface area contributed by atoms with Crippen molar-refractivity contribution in [1.29, 1.82) is 0 Å². The Kier molecular flexibility index (Phi) is 2.36. The lowest BCUT2D eigenvalue weighted by Crippen LogP contribution is -1.89. The largest absolute Gasteiger partial charge is 0.102 e. The molecule has 0 N–H and O–H groups in total. The van der Waals surface area contributed by atoms with E-state index in [1.54, 1.807) is 0 Å². The van der Waals surface area contributed by atoms with Crippen LogP contribution in [0.2, 0.25) is 0 Å². The molecule has 0 aliphatic rings. The van der Waals surface area contributed by atoms with Crippen LogP contribution in [0.5, 0.6) is 0 Å². The van der Waals surface area contributed by atoms with Gasteiger partial charge in [-0.2, -0.15) is 0 Å². The summed E-state index contributed by atoms with van der Waals surface area (Å²) >= 11 is 0. The Morgan fingerprint density at radius 3 is 2.57 bits per heavy atom. The fourth-order valence-corrected chi connectivity index (χ4v) is 1.77. The molecular weight excluding hydrogens is 168 g/mol. The first-order valence-corrected chi connectivity index (χ1v) is 4.93. The zero-order chi connectivity index (χ0) is 9.97. The molecule has 0 radical (unpaired) electrons. The molecule has 0 saturated heterocycles. The van der Waals surface area contributed by atoms with Crippen LogP contribution in [0, 0.1) is 0 Å². The zero-order valence-corrected chi connectivity index (χ0v) is 8.40. The van der Waals surface area contributed by atoms with Crippen molar-refractivity contribution >= 4 is 10.8 Å². The number of hydrogen-bond acceptors (Lipinski definition) is 0. The first-order valence-electron chi connectivity index (χ1n) is 4.93. The van der Waals surface area contributed by atoms with Gasteiger partial charge in [0.15, 0.2) is 0 Å². The number of rotatable bonds is 2. The quantitative estimate of drug-likeness (QED) is 0.612. The molecule has 0 nitrogen and oxygen atoms in total. The van der Waals surface area contributed by atoms with E-state index in [0.717, 1.165) is 0 Å². The molecule has 0 heteroatoms. The molecule has 0 aliphatic heterocycles. The fraction of sp³-hybridized carbons (Fsp3) is 0.143. The summed E-state index contributed by atoms with van der Waals surface area (Å²) in [7, 11) is 0. The monoisotopic (exact) mass is 182 g/mol. The second-order valence-corrected chi connectivity index (χ2v) is 3.59. The maximum Gasteiger partial charge on any atom is -0.000697 e. The first kappa shape index (κ1) is 9.01. The third-order valence-corrected chi connectivity index (χ3v) is 2.67. The molecule has 1 atom stereocenters. The third kappa shape index (κ3) is 1.44. The van der Waals surface area contributed by atoms with Crippen LogP contribution in [-0.2, 0) is 0 Å². The predicted molar refractivity (Wildman–Crippen MR) is 62.6 cm³/mol. The third-order valence-electron chi connectivity index (χ3n) is 2.67. The van der Waals surface area contributed by atoms with Crippen molar-refractivity contribution in [3.63, 3.8) is 0 Å². The molecular formula is C14H14. The van der Waals surface area contributed by atoms with Crippen molar-refractivity contribution < 1.29 is 0 Å². The highest BCUT2D eigenvalue weighted by atomic mass is 14.1. The number of allylic oxidation sites excluding steroid dienone is 1. The highest BCUT2D eigenvalue weighted by Crippen LogP contribution is 2.25. The molecule has 0 aliphatic carbocycles. The Hall–Kier alpha value is -1.56. The van der Waals surface area contributed by atoms with Crippen molar-refractivity contribution in [2.24, 2.45) is 0 Å². The summed E-state index contributed by atoms with van der Waals surface area (Å²) in [6.07, 6.45) is 1.99. The summed E-state index contributed by atoms with van der Waals surface area (Å²) in [4.78, 5) is 0. The highest BCUT2D eigenvalue weighted by molar-refractivity contribution is 5.86. The van der Waals surface area contributed by atoms with Crippen molar-refractivity contribution in [2.75, 3.05) is 0 Å². The second kappa shape index (κ2) is 3.67. The predicted octanol–water partition coefficient (Wildman–Crippen LogP) is 4.13. The lowest BCUT2D eigenvalue weighted by atomic mass is 9.95. The Morgan fingerprint density at radius 2 is 1.79 bits per heavy atom. The highest BCUT2D eigenvalue weighted by Gasteiger charge is 2.04. The van der Waals surface area contributed by atoms with E-state index in [4.69, 9.17) is 0 Å². The van der Waals surface area contributed by atoms with Gasteiger partial charge in [0.2, 0.25) is 0 Å². The summed E-state index contributed by atoms with van der Waals surface area (Å²) in [5, 5.41) is 2.64. The average Bonchev–Trinajstić information content (AvgIpc) is 2.27. The van der Waals surface area contributed by atoms with Crippen LogP contribution in [0.25, 0.3) is 10.8 Å². The van der Waals surface area contributed by atoms with E-state index in [0.29, 0.717) is 5.92 Å². The first-order chi connectivity index (χ1) is 6.83. The van der Waals surface area contributed by atoms with Crippen LogP contribution in [-0.4, -0.2) is 0 Å². The minimum absolute atomic E-state index is 0.418. The molecule has 0 spiro atoms. The van der Waals surface area contributed by atoms with Gasteiger partial charge in [0.05, 0.1) is 0 Å². The summed E-state index contributed by atoms with van der Waals surface area (Å²) in [6.45, 7) is 6.02. The molecule has 14 heavy (non-hydrogen) atoms. The maximum absolute atomic E-state index is 3.84. The molecule has 2 aromatic carbocycles. The van der Waals surface area contributed by atoms with E-state index < -0.39 is 0 Å². The molecule has 0 fully saturated rings. The topological polar surface area (TPSA) is 0 Å². The van der Waals surface area contributed by atoms with Crippen molar-refractivity contribution in [3.8, 4) is 0 Å². The number of fused-ring (bicyclic) bond motifs is 1. The van der Waals surface area contributed by atoms with Gasteiger partial charge in [-0.05, 0) is 22.3 Å². The van der Waals surface area contributed by atoms with Gasteiger partial charge in [0.1, 0.15) is 0 Å². The summed E-state index contributed by atoms with van der Waals surface area (Å²) in [5.74, 6) is 0.418. The van der Waals surface area contributed by atoms with Gasteiger partial charge in [-0.15, -0.1) is 6.58 Å². The van der Waals surface area contributed by atoms with Crippen molar-refractivity contribution in [1.82, 2.24) is 0 Å². The maximum atomic E-state index is 3.84. The molecule has 70 valence electrons. The van der Waals surface area contributed by atoms with E-state index in [-0.39, 0.29) is 0 Å². The summed E-state index contributed by atoms with van der Waals surface area (Å²) in [5.41, 5.74) is 1.36. The lowest BCUT2D eigenvalue weighted by Gasteiger charge is -2.09. The van der Waals surface area contributed by atoms with Gasteiger partial charge in [-0.25, -0.2) is 0 Å². The zero-order valence-electron chi connectivity index (χ0n) is 8.40. The standard InChI is InChI=1S/C14H14/c1-3-11(2)13-10-6-8-12-7-4-5-9-14(12)13/h3-11H,1H2,2H3/t11-/m0/s1. The summed E-state index contributed by atoms with van der Waals surface area (Å²) in [6, 6.07) is 14.9.